The first-order valence-corrected chi connectivity index (χ1v) is 6.35. The standard InChI is InChI=1S/C13H13ClFN3O2/c1-3-20-17-13(19)11-8(2)16-18(12(11)14)10-6-4-9(15)5-7-10/h4-7H,3H2,1-2H3,(H,17,19). The van der Waals surface area contributed by atoms with Crippen molar-refractivity contribution in [1.29, 1.82) is 0 Å². The molecule has 0 fully saturated rings. The van der Waals surface area contributed by atoms with Crippen LogP contribution < -0.4 is 5.48 Å². The zero-order valence-electron chi connectivity index (χ0n) is 11.0. The first-order valence-electron chi connectivity index (χ1n) is 5.97. The van der Waals surface area contributed by atoms with Crippen LogP contribution in [0, 0.1) is 12.7 Å². The molecule has 106 valence electrons. The molecule has 0 radical (unpaired) electrons. The summed E-state index contributed by atoms with van der Waals surface area (Å²) < 4.78 is 14.3. The molecule has 0 bridgehead atoms. The number of hydroxylamine groups is 1. The van der Waals surface area contributed by atoms with Gasteiger partial charge >= 0.3 is 0 Å². The maximum Gasteiger partial charge on any atom is 0.279 e. The largest absolute Gasteiger partial charge is 0.279 e. The van der Waals surface area contributed by atoms with Gasteiger partial charge < -0.3 is 0 Å². The van der Waals surface area contributed by atoms with Gasteiger partial charge in [0.2, 0.25) is 0 Å². The molecule has 0 spiro atoms. The van der Waals surface area contributed by atoms with Crippen LogP contribution in [0.25, 0.3) is 5.69 Å². The van der Waals surface area contributed by atoms with Crippen LogP contribution in [0.4, 0.5) is 4.39 Å². The van der Waals surface area contributed by atoms with Crippen LogP contribution in [-0.2, 0) is 4.84 Å². The summed E-state index contributed by atoms with van der Waals surface area (Å²) in [5, 5.41) is 4.33. The van der Waals surface area contributed by atoms with Crippen molar-refractivity contribution in [2.24, 2.45) is 0 Å². The molecule has 20 heavy (non-hydrogen) atoms. The van der Waals surface area contributed by atoms with Gasteiger partial charge in [0.25, 0.3) is 5.91 Å². The summed E-state index contributed by atoms with van der Waals surface area (Å²) in [4.78, 5) is 16.8. The average Bonchev–Trinajstić information content (AvgIpc) is 2.72. The van der Waals surface area contributed by atoms with E-state index in [9.17, 15) is 9.18 Å². The molecule has 1 N–H and O–H groups in total. The van der Waals surface area contributed by atoms with E-state index >= 15 is 0 Å². The molecule has 0 aliphatic carbocycles. The molecule has 0 aliphatic heterocycles. The molecule has 5 nitrogen and oxygen atoms in total. The van der Waals surface area contributed by atoms with Gasteiger partial charge in [0.05, 0.1) is 18.0 Å². The lowest BCUT2D eigenvalue weighted by Gasteiger charge is -2.04. The molecule has 7 heteroatoms. The van der Waals surface area contributed by atoms with E-state index < -0.39 is 5.91 Å². The van der Waals surface area contributed by atoms with E-state index in [0.29, 0.717) is 18.0 Å². The molecule has 1 heterocycles. The Morgan fingerprint density at radius 2 is 2.10 bits per heavy atom. The first-order chi connectivity index (χ1) is 9.54. The average molecular weight is 298 g/mol. The van der Waals surface area contributed by atoms with E-state index in [4.69, 9.17) is 16.4 Å². The van der Waals surface area contributed by atoms with E-state index in [2.05, 4.69) is 10.6 Å². The van der Waals surface area contributed by atoms with E-state index in [1.165, 1.54) is 28.9 Å². The molecule has 0 unspecified atom stereocenters. The number of halogens is 2. The Hall–Kier alpha value is -1.92. The number of nitrogens with one attached hydrogen (secondary N) is 1. The van der Waals surface area contributed by atoms with Gasteiger partial charge in [-0.25, -0.2) is 14.6 Å². The molecule has 0 saturated carbocycles. The Labute approximate surface area is 120 Å². The third-order valence-corrected chi connectivity index (χ3v) is 2.96. The predicted octanol–water partition coefficient (Wildman–Crippen LogP) is 2.65. The maximum atomic E-state index is 12.9. The van der Waals surface area contributed by atoms with Crippen molar-refractivity contribution in [3.63, 3.8) is 0 Å². The van der Waals surface area contributed by atoms with Crippen molar-refractivity contribution in [2.75, 3.05) is 6.61 Å². The van der Waals surface area contributed by atoms with E-state index in [1.807, 2.05) is 0 Å². The minimum Gasteiger partial charge on any atom is -0.274 e. The quantitative estimate of drug-likeness (QED) is 0.883. The van der Waals surface area contributed by atoms with Crippen LogP contribution in [0.3, 0.4) is 0 Å². The fourth-order valence-corrected chi connectivity index (χ4v) is 2.06. The van der Waals surface area contributed by atoms with Crippen LogP contribution in [0.1, 0.15) is 23.0 Å². The minimum atomic E-state index is -0.470. The van der Waals surface area contributed by atoms with Gasteiger partial charge in [0, 0.05) is 0 Å². The lowest BCUT2D eigenvalue weighted by atomic mass is 10.2. The summed E-state index contributed by atoms with van der Waals surface area (Å²) in [7, 11) is 0. The van der Waals surface area contributed by atoms with Crippen LogP contribution in [-0.4, -0.2) is 22.3 Å². The van der Waals surface area contributed by atoms with Crippen molar-refractivity contribution in [3.05, 3.63) is 46.5 Å². The number of benzene rings is 1. The SMILES string of the molecule is CCONC(=O)c1c(C)nn(-c2ccc(F)cc2)c1Cl. The summed E-state index contributed by atoms with van der Waals surface area (Å²) in [5.74, 6) is -0.828. The number of carbonyl (C=O) groups is 1. The van der Waals surface area contributed by atoms with Crippen molar-refractivity contribution in [3.8, 4) is 5.69 Å². The van der Waals surface area contributed by atoms with Crippen LogP contribution in [0.5, 0.6) is 0 Å². The van der Waals surface area contributed by atoms with E-state index in [0.717, 1.165) is 0 Å². The van der Waals surface area contributed by atoms with Crippen molar-refractivity contribution in [1.82, 2.24) is 15.3 Å². The maximum absolute atomic E-state index is 12.9. The molecule has 0 atom stereocenters. The highest BCUT2D eigenvalue weighted by Gasteiger charge is 2.21. The summed E-state index contributed by atoms with van der Waals surface area (Å²) in [6, 6.07) is 5.64. The van der Waals surface area contributed by atoms with Crippen LogP contribution in [0.15, 0.2) is 24.3 Å². The summed E-state index contributed by atoms with van der Waals surface area (Å²) in [6.45, 7) is 3.75. The Morgan fingerprint density at radius 3 is 2.70 bits per heavy atom. The van der Waals surface area contributed by atoms with E-state index in [1.54, 1.807) is 13.8 Å². The molecule has 2 rings (SSSR count). The Balaban J connectivity index is 2.38. The normalized spacial score (nSPS) is 10.6. The molecule has 0 aliphatic rings. The van der Waals surface area contributed by atoms with Gasteiger partial charge in [-0.2, -0.15) is 5.10 Å². The number of aryl methyl sites for hydroxylation is 1. The van der Waals surface area contributed by atoms with Crippen LogP contribution in [0.2, 0.25) is 5.15 Å². The Bertz CT molecular complexity index is 625. The zero-order valence-corrected chi connectivity index (χ0v) is 11.7. The second-order valence-electron chi connectivity index (χ2n) is 4.00. The number of nitrogens with zero attached hydrogens (tertiary/aromatic N) is 2. The number of aromatic nitrogens is 2. The molecule has 0 saturated heterocycles. The molecule has 1 amide bonds. The highest BCUT2D eigenvalue weighted by atomic mass is 35.5. The third kappa shape index (κ3) is 2.81. The summed E-state index contributed by atoms with van der Waals surface area (Å²) in [5.41, 5.74) is 3.51. The van der Waals surface area contributed by atoms with Gasteiger partial charge in [-0.15, -0.1) is 0 Å². The molecular weight excluding hydrogens is 285 g/mol. The summed E-state index contributed by atoms with van der Waals surface area (Å²) >= 11 is 6.17. The van der Waals surface area contributed by atoms with Gasteiger partial charge in [-0.05, 0) is 38.1 Å². The molecule has 1 aromatic carbocycles. The number of carbonyl (C=O) groups excluding carboxylic acids is 1. The lowest BCUT2D eigenvalue weighted by Crippen LogP contribution is -2.24. The second kappa shape index (κ2) is 6.02. The smallest absolute Gasteiger partial charge is 0.274 e. The molecule has 2 aromatic rings. The van der Waals surface area contributed by atoms with Gasteiger partial charge in [-0.1, -0.05) is 11.6 Å². The monoisotopic (exact) mass is 297 g/mol. The number of amides is 1. The third-order valence-electron chi connectivity index (χ3n) is 2.61. The van der Waals surface area contributed by atoms with Gasteiger partial charge in [0.15, 0.2) is 0 Å². The highest BCUT2D eigenvalue weighted by Crippen LogP contribution is 2.23. The zero-order chi connectivity index (χ0) is 14.7. The van der Waals surface area contributed by atoms with Crippen molar-refractivity contribution < 1.29 is 14.0 Å². The fourth-order valence-electron chi connectivity index (χ4n) is 1.70. The number of hydrogen-bond acceptors (Lipinski definition) is 3. The summed E-state index contributed by atoms with van der Waals surface area (Å²) in [6.07, 6.45) is 0. The van der Waals surface area contributed by atoms with Gasteiger partial charge in [-0.3, -0.25) is 9.63 Å². The van der Waals surface area contributed by atoms with Crippen LogP contribution >= 0.6 is 11.6 Å². The topological polar surface area (TPSA) is 56.1 Å². The highest BCUT2D eigenvalue weighted by molar-refractivity contribution is 6.33. The minimum absolute atomic E-state index is 0.145. The van der Waals surface area contributed by atoms with Gasteiger partial charge in [0.1, 0.15) is 16.5 Å². The predicted molar refractivity (Wildman–Crippen MR) is 72.4 cm³/mol. The second-order valence-corrected chi connectivity index (χ2v) is 4.36. The molecule has 1 aromatic heterocycles. The van der Waals surface area contributed by atoms with Crippen molar-refractivity contribution >= 4 is 17.5 Å². The Kier molecular flexibility index (Phi) is 4.36. The Morgan fingerprint density at radius 1 is 1.45 bits per heavy atom. The van der Waals surface area contributed by atoms with Crippen molar-refractivity contribution in [2.45, 2.75) is 13.8 Å². The molecular formula is C13H13ClFN3O2. The van der Waals surface area contributed by atoms with E-state index in [-0.39, 0.29) is 16.5 Å². The number of hydrogen-bond donors (Lipinski definition) is 1. The number of rotatable bonds is 4. The lowest BCUT2D eigenvalue weighted by molar-refractivity contribution is 0.0364. The first kappa shape index (κ1) is 14.5. The fraction of sp³-hybridized carbons (Fsp3) is 0.231.